The molecule has 0 unspecified atom stereocenters. The monoisotopic (exact) mass is 356 g/mol. The molecule has 2 fully saturated rings. The Labute approximate surface area is 139 Å². The quantitative estimate of drug-likeness (QED) is 0.853. The first-order valence-electron chi connectivity index (χ1n) is 6.60. The van der Waals surface area contributed by atoms with Gasteiger partial charge in [-0.25, -0.2) is 4.79 Å². The van der Waals surface area contributed by atoms with E-state index >= 15 is 0 Å². The van der Waals surface area contributed by atoms with Crippen LogP contribution in [0.2, 0.25) is 10.0 Å². The summed E-state index contributed by atoms with van der Waals surface area (Å²) in [6, 6.07) is 5.47. The van der Waals surface area contributed by atoms with Crippen molar-refractivity contribution in [3.63, 3.8) is 0 Å². The Kier molecular flexibility index (Phi) is 3.04. The number of ether oxygens (including phenoxy) is 1. The number of rotatable bonds is 1. The second-order valence-electron chi connectivity index (χ2n) is 5.50. The minimum atomic E-state index is -0.437. The summed E-state index contributed by atoms with van der Waals surface area (Å²) in [5.74, 6) is -0.144. The molecule has 1 aromatic heterocycles. The molecule has 0 radical (unpaired) electrons. The van der Waals surface area contributed by atoms with Gasteiger partial charge in [-0.2, -0.15) is 0 Å². The number of carbonyl (C=O) groups excluding carboxylic acids is 2. The van der Waals surface area contributed by atoms with Crippen LogP contribution in [0, 0.1) is 0 Å². The van der Waals surface area contributed by atoms with Gasteiger partial charge < -0.3 is 15.0 Å². The summed E-state index contributed by atoms with van der Waals surface area (Å²) in [6.45, 7) is 1.15. The molecule has 2 aromatic rings. The van der Waals surface area contributed by atoms with Gasteiger partial charge in [0, 0.05) is 23.2 Å². The number of alkyl carbamates (subject to hydrolysis) is 1. The van der Waals surface area contributed by atoms with Crippen LogP contribution in [0.4, 0.5) is 4.79 Å². The summed E-state index contributed by atoms with van der Waals surface area (Å²) in [5.41, 5.74) is -0.437. The van der Waals surface area contributed by atoms with Gasteiger partial charge >= 0.3 is 6.09 Å². The van der Waals surface area contributed by atoms with Gasteiger partial charge in [-0.05, 0) is 12.1 Å². The van der Waals surface area contributed by atoms with Crippen molar-refractivity contribution in [2.45, 2.75) is 5.54 Å². The van der Waals surface area contributed by atoms with E-state index in [0.717, 1.165) is 4.70 Å². The highest BCUT2D eigenvalue weighted by atomic mass is 35.5. The molecule has 2 aliphatic heterocycles. The number of amides is 2. The molecule has 22 heavy (non-hydrogen) atoms. The van der Waals surface area contributed by atoms with Gasteiger partial charge in [-0.1, -0.05) is 29.3 Å². The number of nitrogens with zero attached hydrogens (tertiary/aromatic N) is 1. The Morgan fingerprint density at radius 2 is 2.14 bits per heavy atom. The van der Waals surface area contributed by atoms with Gasteiger partial charge in [-0.3, -0.25) is 4.79 Å². The first kappa shape index (κ1) is 14.1. The maximum Gasteiger partial charge on any atom is 0.407 e. The third kappa shape index (κ3) is 1.98. The molecule has 0 bridgehead atoms. The molecular formula is C14H10Cl2N2O3S. The Morgan fingerprint density at radius 1 is 1.36 bits per heavy atom. The fraction of sp³-hybridized carbons (Fsp3) is 0.286. The number of cyclic esters (lactones) is 1. The predicted molar refractivity (Wildman–Crippen MR) is 85.0 cm³/mol. The molecule has 2 amide bonds. The summed E-state index contributed by atoms with van der Waals surface area (Å²) in [5, 5.41) is 4.39. The molecule has 5 nitrogen and oxygen atoms in total. The topological polar surface area (TPSA) is 58.6 Å². The molecule has 2 aliphatic rings. The van der Waals surface area contributed by atoms with Crippen LogP contribution in [0.5, 0.6) is 0 Å². The largest absolute Gasteiger partial charge is 0.447 e. The third-order valence-corrected chi connectivity index (χ3v) is 5.87. The molecule has 1 aromatic carbocycles. The van der Waals surface area contributed by atoms with Crippen molar-refractivity contribution in [3.05, 3.63) is 33.1 Å². The van der Waals surface area contributed by atoms with Crippen LogP contribution < -0.4 is 5.32 Å². The van der Waals surface area contributed by atoms with E-state index in [-0.39, 0.29) is 5.91 Å². The highest BCUT2D eigenvalue weighted by Gasteiger charge is 2.51. The fourth-order valence-corrected chi connectivity index (χ4v) is 4.76. The van der Waals surface area contributed by atoms with Gasteiger partial charge in [0.15, 0.2) is 0 Å². The molecule has 8 heteroatoms. The summed E-state index contributed by atoms with van der Waals surface area (Å²) in [6.07, 6.45) is -0.432. The number of hydrogen-bond acceptors (Lipinski definition) is 4. The zero-order valence-electron chi connectivity index (χ0n) is 11.2. The van der Waals surface area contributed by atoms with E-state index in [1.807, 2.05) is 12.1 Å². The minimum Gasteiger partial charge on any atom is -0.447 e. The lowest BCUT2D eigenvalue weighted by atomic mass is 9.91. The van der Waals surface area contributed by atoms with E-state index in [1.165, 1.54) is 11.3 Å². The normalized spacial score (nSPS) is 19.2. The highest BCUT2D eigenvalue weighted by molar-refractivity contribution is 7.21. The maximum atomic E-state index is 12.6. The van der Waals surface area contributed by atoms with Crippen LogP contribution in [0.15, 0.2) is 18.2 Å². The molecule has 0 saturated carbocycles. The number of carbonyl (C=O) groups is 2. The predicted octanol–water partition coefficient (Wildman–Crippen LogP) is 3.14. The third-order valence-electron chi connectivity index (χ3n) is 3.92. The minimum absolute atomic E-state index is 0.144. The standard InChI is InChI=1S/C14H10Cl2N2O3S/c15-7-2-1-3-8-9(7)10(16)11(22-8)12(19)18-4-14(5-18)6-21-13(20)17-14/h1-3H,4-6H2,(H,17,20). The molecule has 2 saturated heterocycles. The van der Waals surface area contributed by atoms with E-state index in [1.54, 1.807) is 11.0 Å². The number of halogens is 2. The van der Waals surface area contributed by atoms with Crippen molar-refractivity contribution in [1.82, 2.24) is 10.2 Å². The molecule has 114 valence electrons. The first-order valence-corrected chi connectivity index (χ1v) is 8.17. The van der Waals surface area contributed by atoms with Gasteiger partial charge in [0.1, 0.15) is 17.0 Å². The maximum absolute atomic E-state index is 12.6. The lowest BCUT2D eigenvalue weighted by Crippen LogP contribution is -2.69. The molecule has 3 heterocycles. The summed E-state index contributed by atoms with van der Waals surface area (Å²) >= 11 is 13.8. The molecule has 1 spiro atoms. The summed E-state index contributed by atoms with van der Waals surface area (Å²) in [4.78, 5) is 25.9. The second-order valence-corrected chi connectivity index (χ2v) is 7.34. The van der Waals surface area contributed by atoms with Crippen molar-refractivity contribution in [1.29, 1.82) is 0 Å². The van der Waals surface area contributed by atoms with E-state index in [0.29, 0.717) is 40.0 Å². The Morgan fingerprint density at radius 3 is 2.77 bits per heavy atom. The second kappa shape index (κ2) is 4.75. The number of thiophene rings is 1. The Hall–Kier alpha value is -1.50. The molecule has 1 N–H and O–H groups in total. The molecule has 0 aliphatic carbocycles. The van der Waals surface area contributed by atoms with Crippen LogP contribution in [-0.4, -0.2) is 42.1 Å². The lowest BCUT2D eigenvalue weighted by molar-refractivity contribution is 0.0322. The SMILES string of the molecule is O=C1NC2(CO1)CN(C(=O)c1sc3cccc(Cl)c3c1Cl)C2. The number of likely N-dealkylation sites (tertiary alicyclic amines) is 1. The number of benzene rings is 1. The summed E-state index contributed by atoms with van der Waals surface area (Å²) < 4.78 is 5.79. The van der Waals surface area contributed by atoms with Gasteiger partial charge in [0.25, 0.3) is 5.91 Å². The highest BCUT2D eigenvalue weighted by Crippen LogP contribution is 2.41. The van der Waals surface area contributed by atoms with E-state index in [2.05, 4.69) is 5.32 Å². The van der Waals surface area contributed by atoms with Gasteiger partial charge in [-0.15, -0.1) is 11.3 Å². The molecule has 0 atom stereocenters. The van der Waals surface area contributed by atoms with Gasteiger partial charge in [0.05, 0.1) is 10.0 Å². The van der Waals surface area contributed by atoms with Crippen molar-refractivity contribution in [2.75, 3.05) is 19.7 Å². The summed E-state index contributed by atoms with van der Waals surface area (Å²) in [7, 11) is 0. The van der Waals surface area contributed by atoms with Crippen molar-refractivity contribution in [3.8, 4) is 0 Å². The number of fused-ring (bicyclic) bond motifs is 1. The molecular weight excluding hydrogens is 347 g/mol. The van der Waals surface area contributed by atoms with Crippen LogP contribution >= 0.6 is 34.5 Å². The smallest absolute Gasteiger partial charge is 0.407 e. The van der Waals surface area contributed by atoms with Crippen molar-refractivity contribution >= 4 is 56.6 Å². The Balaban J connectivity index is 1.61. The zero-order valence-corrected chi connectivity index (χ0v) is 13.5. The Bertz CT molecular complexity index is 814. The average Bonchev–Trinajstić information content (AvgIpc) is 2.99. The number of nitrogens with one attached hydrogen (secondary N) is 1. The average molecular weight is 357 g/mol. The fourth-order valence-electron chi connectivity index (χ4n) is 2.84. The van der Waals surface area contributed by atoms with Crippen molar-refractivity contribution in [2.24, 2.45) is 0 Å². The van der Waals surface area contributed by atoms with E-state index < -0.39 is 11.6 Å². The zero-order chi connectivity index (χ0) is 15.5. The van der Waals surface area contributed by atoms with Crippen molar-refractivity contribution < 1.29 is 14.3 Å². The van der Waals surface area contributed by atoms with Crippen LogP contribution in [-0.2, 0) is 4.74 Å². The number of hydrogen-bond donors (Lipinski definition) is 1. The van der Waals surface area contributed by atoms with E-state index in [4.69, 9.17) is 27.9 Å². The van der Waals surface area contributed by atoms with Crippen LogP contribution in [0.1, 0.15) is 9.67 Å². The first-order chi connectivity index (χ1) is 10.5. The molecule has 4 rings (SSSR count). The van der Waals surface area contributed by atoms with Gasteiger partial charge in [0.2, 0.25) is 0 Å². The van der Waals surface area contributed by atoms with Crippen LogP contribution in [0.25, 0.3) is 10.1 Å². The lowest BCUT2D eigenvalue weighted by Gasteiger charge is -2.45. The van der Waals surface area contributed by atoms with E-state index in [9.17, 15) is 9.59 Å². The van der Waals surface area contributed by atoms with Crippen LogP contribution in [0.3, 0.4) is 0 Å².